The van der Waals surface area contributed by atoms with Crippen molar-refractivity contribution in [2.75, 3.05) is 6.54 Å². The molecule has 6 heteroatoms. The Labute approximate surface area is 221 Å². The molecule has 1 aliphatic carbocycles. The van der Waals surface area contributed by atoms with Crippen molar-refractivity contribution in [1.29, 1.82) is 0 Å². The number of rotatable bonds is 5. The van der Waals surface area contributed by atoms with E-state index in [2.05, 4.69) is 26.2 Å². The van der Waals surface area contributed by atoms with E-state index < -0.39 is 11.5 Å². The lowest BCUT2D eigenvalue weighted by molar-refractivity contribution is -0.0223. The number of piperidine rings is 1. The third-order valence-corrected chi connectivity index (χ3v) is 8.57. The van der Waals surface area contributed by atoms with Crippen molar-refractivity contribution in [3.8, 4) is 0 Å². The van der Waals surface area contributed by atoms with Gasteiger partial charge in [-0.05, 0) is 79.1 Å². The molecule has 1 saturated carbocycles. The Bertz CT molecular complexity index is 1210. The smallest absolute Gasteiger partial charge is 0.252 e. The fourth-order valence-electron chi connectivity index (χ4n) is 6.19. The fourth-order valence-corrected chi connectivity index (χ4v) is 6.70. The Hall–Kier alpha value is -1.66. The quantitative estimate of drug-likeness (QED) is 0.311. The van der Waals surface area contributed by atoms with E-state index in [4.69, 9.17) is 11.6 Å². The lowest BCUT2D eigenvalue weighted by Gasteiger charge is -2.44. The third kappa shape index (κ3) is 5.85. The van der Waals surface area contributed by atoms with Gasteiger partial charge in [0.1, 0.15) is 0 Å². The molecule has 3 N–H and O–H groups in total. The maximum Gasteiger partial charge on any atom is 0.252 e. The van der Waals surface area contributed by atoms with Crippen molar-refractivity contribution in [1.82, 2.24) is 10.3 Å². The lowest BCUT2D eigenvalue weighted by Crippen LogP contribution is -2.52. The number of aromatic nitrogens is 1. The molecule has 3 aromatic rings. The van der Waals surface area contributed by atoms with Gasteiger partial charge in [-0.25, -0.2) is 0 Å². The van der Waals surface area contributed by atoms with Crippen LogP contribution in [0.3, 0.4) is 0 Å². The highest BCUT2D eigenvalue weighted by molar-refractivity contribution is 9.10. The predicted molar refractivity (Wildman–Crippen MR) is 149 cm³/mol. The first-order valence-electron chi connectivity index (χ1n) is 12.4. The molecular weight excluding hydrogens is 524 g/mol. The molecule has 188 valence electrons. The van der Waals surface area contributed by atoms with Crippen molar-refractivity contribution < 1.29 is 5.11 Å². The maximum atomic E-state index is 13.4. The molecule has 3 unspecified atom stereocenters. The van der Waals surface area contributed by atoms with E-state index in [1.807, 2.05) is 48.5 Å². The molecular formula is C29H36BrClN2O2. The number of benzene rings is 2. The zero-order valence-electron chi connectivity index (χ0n) is 19.3. The Balaban J connectivity index is 0.00000289. The average molecular weight is 560 g/mol. The SMILES string of the molecule is C.O=c1[nH]c2ccc(Br)cc2cc1C(c1ccc(Cl)cc1)C1(O)CCNC(CC2CCCCC2)C1. The monoisotopic (exact) mass is 558 g/mol. The number of aliphatic hydroxyl groups is 1. The molecule has 0 spiro atoms. The number of H-pyrrole nitrogens is 1. The lowest BCUT2D eigenvalue weighted by atomic mass is 9.69. The third-order valence-electron chi connectivity index (χ3n) is 7.82. The molecule has 2 aliphatic rings. The fraction of sp³-hybridized carbons (Fsp3) is 0.483. The van der Waals surface area contributed by atoms with Gasteiger partial charge in [-0.1, -0.05) is 79.2 Å². The van der Waals surface area contributed by atoms with Crippen LogP contribution in [0.25, 0.3) is 10.9 Å². The van der Waals surface area contributed by atoms with Crippen molar-refractivity contribution in [2.24, 2.45) is 5.92 Å². The molecule has 4 nitrogen and oxygen atoms in total. The summed E-state index contributed by atoms with van der Waals surface area (Å²) < 4.78 is 0.953. The Morgan fingerprint density at radius 3 is 2.57 bits per heavy atom. The van der Waals surface area contributed by atoms with Crippen LogP contribution in [-0.4, -0.2) is 28.3 Å². The number of aromatic amines is 1. The number of hydrogen-bond acceptors (Lipinski definition) is 3. The van der Waals surface area contributed by atoms with Gasteiger partial charge in [0.05, 0.1) is 5.60 Å². The summed E-state index contributed by atoms with van der Waals surface area (Å²) in [4.78, 5) is 16.4. The summed E-state index contributed by atoms with van der Waals surface area (Å²) in [5.41, 5.74) is 1.15. The second-order valence-electron chi connectivity index (χ2n) is 10.2. The van der Waals surface area contributed by atoms with Gasteiger partial charge in [0.25, 0.3) is 5.56 Å². The number of fused-ring (bicyclic) bond motifs is 1. The summed E-state index contributed by atoms with van der Waals surface area (Å²) in [5.74, 6) is 0.289. The molecule has 2 aromatic carbocycles. The van der Waals surface area contributed by atoms with Gasteiger partial charge < -0.3 is 15.4 Å². The number of pyridine rings is 1. The molecule has 35 heavy (non-hydrogen) atoms. The van der Waals surface area contributed by atoms with Crippen LogP contribution >= 0.6 is 27.5 Å². The first kappa shape index (κ1) is 26.4. The molecule has 2 fully saturated rings. The van der Waals surface area contributed by atoms with Crippen molar-refractivity contribution >= 4 is 38.4 Å². The van der Waals surface area contributed by atoms with E-state index in [1.165, 1.54) is 32.1 Å². The highest BCUT2D eigenvalue weighted by Crippen LogP contribution is 2.42. The first-order valence-corrected chi connectivity index (χ1v) is 13.6. The predicted octanol–water partition coefficient (Wildman–Crippen LogP) is 7.17. The maximum absolute atomic E-state index is 13.4. The summed E-state index contributed by atoms with van der Waals surface area (Å²) in [6.07, 6.45) is 8.87. The summed E-state index contributed by atoms with van der Waals surface area (Å²) >= 11 is 9.74. The Kier molecular flexibility index (Phi) is 8.42. The molecule has 0 bridgehead atoms. The summed E-state index contributed by atoms with van der Waals surface area (Å²) in [6.45, 7) is 0.745. The van der Waals surface area contributed by atoms with E-state index in [0.29, 0.717) is 23.4 Å². The van der Waals surface area contributed by atoms with Crippen LogP contribution in [0.2, 0.25) is 5.02 Å². The minimum atomic E-state index is -1.02. The van der Waals surface area contributed by atoms with Gasteiger partial charge in [0.2, 0.25) is 0 Å². The first-order chi connectivity index (χ1) is 16.4. The minimum Gasteiger partial charge on any atom is -0.389 e. The van der Waals surface area contributed by atoms with Gasteiger partial charge in [-0.2, -0.15) is 0 Å². The number of hydrogen-bond donors (Lipinski definition) is 3. The summed E-state index contributed by atoms with van der Waals surface area (Å²) in [5, 5.41) is 17.5. The molecule has 0 amide bonds. The van der Waals surface area contributed by atoms with Gasteiger partial charge in [-0.15, -0.1) is 0 Å². The van der Waals surface area contributed by atoms with Crippen LogP contribution in [0.15, 0.2) is 57.8 Å². The van der Waals surface area contributed by atoms with Gasteiger partial charge in [-0.3, -0.25) is 4.79 Å². The second-order valence-corrected chi connectivity index (χ2v) is 11.6. The topological polar surface area (TPSA) is 65.1 Å². The van der Waals surface area contributed by atoms with E-state index in [9.17, 15) is 9.90 Å². The zero-order chi connectivity index (χ0) is 23.7. The molecule has 0 radical (unpaired) electrons. The van der Waals surface area contributed by atoms with Crippen LogP contribution in [0, 0.1) is 5.92 Å². The highest BCUT2D eigenvalue weighted by atomic mass is 79.9. The Morgan fingerprint density at radius 2 is 1.83 bits per heavy atom. The van der Waals surface area contributed by atoms with Crippen molar-refractivity contribution in [3.05, 3.63) is 79.5 Å². The average Bonchev–Trinajstić information content (AvgIpc) is 2.82. The van der Waals surface area contributed by atoms with Gasteiger partial charge in [0, 0.05) is 32.5 Å². The normalized spacial score (nSPS) is 24.1. The van der Waals surface area contributed by atoms with Crippen LogP contribution in [-0.2, 0) is 0 Å². The number of halogens is 2. The van der Waals surface area contributed by atoms with Crippen LogP contribution in [0.1, 0.15) is 75.8 Å². The second kappa shape index (κ2) is 11.2. The highest BCUT2D eigenvalue weighted by Gasteiger charge is 2.44. The molecule has 1 aliphatic heterocycles. The molecule has 1 aromatic heterocycles. The number of nitrogens with one attached hydrogen (secondary N) is 2. The summed E-state index contributed by atoms with van der Waals surface area (Å²) in [7, 11) is 0. The standard InChI is InChI=1S/C28H32BrClN2O2.CH4/c29-21-8-11-25-20(15-21)16-24(27(33)32-25)26(19-6-9-22(30)10-7-19)28(34)12-13-31-23(17-28)14-18-4-2-1-3-5-18;/h6-11,15-16,18,23,26,31,34H,1-5,12-14,17H2,(H,32,33);1H4. The van der Waals surface area contributed by atoms with Crippen molar-refractivity contribution in [3.63, 3.8) is 0 Å². The van der Waals surface area contributed by atoms with Gasteiger partial charge in [0.15, 0.2) is 0 Å². The Morgan fingerprint density at radius 1 is 1.09 bits per heavy atom. The van der Waals surface area contributed by atoms with E-state index in [-0.39, 0.29) is 19.0 Å². The molecule has 3 atom stereocenters. The van der Waals surface area contributed by atoms with E-state index >= 15 is 0 Å². The molecule has 1 saturated heterocycles. The van der Waals surface area contributed by atoms with Gasteiger partial charge >= 0.3 is 0 Å². The minimum absolute atomic E-state index is 0. The van der Waals surface area contributed by atoms with Crippen molar-refractivity contribution in [2.45, 2.75) is 76.4 Å². The zero-order valence-corrected chi connectivity index (χ0v) is 21.7. The molecule has 5 rings (SSSR count). The van der Waals surface area contributed by atoms with Crippen LogP contribution in [0.4, 0.5) is 0 Å². The van der Waals surface area contributed by atoms with Crippen LogP contribution in [0.5, 0.6) is 0 Å². The van der Waals surface area contributed by atoms with E-state index in [0.717, 1.165) is 39.8 Å². The van der Waals surface area contributed by atoms with Crippen LogP contribution < -0.4 is 10.9 Å². The largest absolute Gasteiger partial charge is 0.389 e. The molecule has 2 heterocycles. The van der Waals surface area contributed by atoms with E-state index in [1.54, 1.807) is 0 Å². The summed E-state index contributed by atoms with van der Waals surface area (Å²) in [6, 6.07) is 15.6.